The lowest BCUT2D eigenvalue weighted by Crippen LogP contribution is -2.32. The molecule has 0 aliphatic rings. The topological polar surface area (TPSA) is 29.1 Å². The van der Waals surface area contributed by atoms with Crippen molar-refractivity contribution >= 4 is 21.8 Å². The minimum absolute atomic E-state index is 0.120. The highest BCUT2D eigenvalue weighted by molar-refractivity contribution is 9.10. The van der Waals surface area contributed by atoms with Gasteiger partial charge in [-0.15, -0.1) is 0 Å². The van der Waals surface area contributed by atoms with Gasteiger partial charge in [0.05, 0.1) is 5.56 Å². The van der Waals surface area contributed by atoms with E-state index in [2.05, 4.69) is 21.2 Å². The molecule has 1 aromatic rings. The predicted molar refractivity (Wildman–Crippen MR) is 61.3 cm³/mol. The number of carbonyl (C=O) groups excluding carboxylic acids is 1. The number of rotatable bonds is 3. The Morgan fingerprint density at radius 3 is 2.80 bits per heavy atom. The molecule has 0 saturated carbocycles. The maximum Gasteiger partial charge on any atom is 0.252 e. The highest BCUT2D eigenvalue weighted by Crippen LogP contribution is 2.18. The van der Waals surface area contributed by atoms with Crippen LogP contribution in [0.1, 0.15) is 30.6 Å². The highest BCUT2D eigenvalue weighted by Gasteiger charge is 2.12. The molecule has 1 rings (SSSR count). The van der Waals surface area contributed by atoms with E-state index in [0.717, 1.165) is 6.42 Å². The van der Waals surface area contributed by atoms with Gasteiger partial charge < -0.3 is 5.32 Å². The molecule has 82 valence electrons. The van der Waals surface area contributed by atoms with Crippen molar-refractivity contribution in [3.05, 3.63) is 34.1 Å². The van der Waals surface area contributed by atoms with Crippen LogP contribution in [0.25, 0.3) is 0 Å². The number of carbonyl (C=O) groups is 1. The summed E-state index contributed by atoms with van der Waals surface area (Å²) in [5.41, 5.74) is 0.455. The summed E-state index contributed by atoms with van der Waals surface area (Å²) in [6.07, 6.45) is 0.866. The fraction of sp³-hybridized carbons (Fsp3) is 0.364. The van der Waals surface area contributed by atoms with Crippen LogP contribution in [-0.4, -0.2) is 11.9 Å². The van der Waals surface area contributed by atoms with Crippen LogP contribution in [0.15, 0.2) is 22.7 Å². The van der Waals surface area contributed by atoms with Gasteiger partial charge in [0.15, 0.2) is 0 Å². The summed E-state index contributed by atoms with van der Waals surface area (Å²) in [6.45, 7) is 3.92. The second kappa shape index (κ2) is 5.26. The van der Waals surface area contributed by atoms with Crippen molar-refractivity contribution in [2.45, 2.75) is 26.3 Å². The molecule has 4 heteroatoms. The second-order valence-corrected chi connectivity index (χ2v) is 4.26. The monoisotopic (exact) mass is 273 g/mol. The molecule has 1 amide bonds. The third-order valence-electron chi connectivity index (χ3n) is 2.17. The molecule has 2 nitrogen and oxygen atoms in total. The minimum Gasteiger partial charge on any atom is -0.350 e. The lowest BCUT2D eigenvalue weighted by Gasteiger charge is -2.12. The van der Waals surface area contributed by atoms with Crippen molar-refractivity contribution in [3.8, 4) is 0 Å². The van der Waals surface area contributed by atoms with Crippen molar-refractivity contribution in [1.82, 2.24) is 5.32 Å². The molecule has 0 aliphatic carbocycles. The molecule has 0 saturated heterocycles. The van der Waals surface area contributed by atoms with Crippen LogP contribution in [0.2, 0.25) is 0 Å². The Labute approximate surface area is 97.0 Å². The molecule has 1 unspecified atom stereocenters. The van der Waals surface area contributed by atoms with E-state index < -0.39 is 0 Å². The molecule has 15 heavy (non-hydrogen) atoms. The van der Waals surface area contributed by atoms with Crippen LogP contribution in [0.5, 0.6) is 0 Å². The second-order valence-electron chi connectivity index (χ2n) is 3.41. The Hall–Kier alpha value is -0.900. The molecule has 0 aromatic heterocycles. The lowest BCUT2D eigenvalue weighted by atomic mass is 10.2. The van der Waals surface area contributed by atoms with Gasteiger partial charge in [0, 0.05) is 10.5 Å². The van der Waals surface area contributed by atoms with E-state index >= 15 is 0 Å². The van der Waals surface area contributed by atoms with Gasteiger partial charge >= 0.3 is 0 Å². The van der Waals surface area contributed by atoms with Crippen molar-refractivity contribution in [3.63, 3.8) is 0 Å². The van der Waals surface area contributed by atoms with E-state index in [1.165, 1.54) is 18.2 Å². The zero-order chi connectivity index (χ0) is 11.4. The molecule has 0 fully saturated rings. The van der Waals surface area contributed by atoms with Gasteiger partial charge in [0.2, 0.25) is 0 Å². The molecule has 0 heterocycles. The summed E-state index contributed by atoms with van der Waals surface area (Å²) >= 11 is 3.16. The van der Waals surface area contributed by atoms with Crippen LogP contribution >= 0.6 is 15.9 Å². The first-order chi connectivity index (χ1) is 7.04. The Morgan fingerprint density at radius 2 is 2.27 bits per heavy atom. The van der Waals surface area contributed by atoms with E-state index in [9.17, 15) is 9.18 Å². The summed E-state index contributed by atoms with van der Waals surface area (Å²) in [6, 6.07) is 4.15. The molecular formula is C11H13BrFNO. The van der Waals surface area contributed by atoms with E-state index in [-0.39, 0.29) is 17.8 Å². The van der Waals surface area contributed by atoms with Gasteiger partial charge in [-0.25, -0.2) is 4.39 Å². The van der Waals surface area contributed by atoms with E-state index in [1.807, 2.05) is 13.8 Å². The third-order valence-corrected chi connectivity index (χ3v) is 2.82. The molecule has 0 radical (unpaired) electrons. The van der Waals surface area contributed by atoms with E-state index in [4.69, 9.17) is 0 Å². The lowest BCUT2D eigenvalue weighted by molar-refractivity contribution is 0.0938. The maximum atomic E-state index is 12.8. The van der Waals surface area contributed by atoms with Crippen LogP contribution < -0.4 is 5.32 Å². The number of benzene rings is 1. The third kappa shape index (κ3) is 3.30. The smallest absolute Gasteiger partial charge is 0.252 e. The summed E-state index contributed by atoms with van der Waals surface area (Å²) in [5, 5.41) is 2.81. The summed E-state index contributed by atoms with van der Waals surface area (Å²) in [7, 11) is 0. The zero-order valence-electron chi connectivity index (χ0n) is 8.68. The van der Waals surface area contributed by atoms with Gasteiger partial charge in [0.25, 0.3) is 5.91 Å². The maximum absolute atomic E-state index is 12.8. The van der Waals surface area contributed by atoms with Gasteiger partial charge in [0.1, 0.15) is 5.82 Å². The van der Waals surface area contributed by atoms with E-state index in [1.54, 1.807) is 0 Å². The average Bonchev–Trinajstić information content (AvgIpc) is 2.17. The van der Waals surface area contributed by atoms with Crippen LogP contribution in [0, 0.1) is 5.82 Å². The normalized spacial score (nSPS) is 12.3. The number of amides is 1. The first kappa shape index (κ1) is 12.2. The van der Waals surface area contributed by atoms with Gasteiger partial charge in [-0.05, 0) is 47.5 Å². The number of hydrogen-bond acceptors (Lipinski definition) is 1. The number of nitrogens with one attached hydrogen (secondary N) is 1. The van der Waals surface area contributed by atoms with Crippen LogP contribution in [0.3, 0.4) is 0 Å². The number of hydrogen-bond donors (Lipinski definition) is 1. The first-order valence-corrected chi connectivity index (χ1v) is 5.59. The Kier molecular flexibility index (Phi) is 4.27. The Balaban J connectivity index is 2.82. The van der Waals surface area contributed by atoms with E-state index in [0.29, 0.717) is 10.0 Å². The van der Waals surface area contributed by atoms with Crippen LogP contribution in [-0.2, 0) is 0 Å². The predicted octanol–water partition coefficient (Wildman–Crippen LogP) is 3.12. The van der Waals surface area contributed by atoms with Crippen molar-refractivity contribution in [2.24, 2.45) is 0 Å². The van der Waals surface area contributed by atoms with Crippen molar-refractivity contribution < 1.29 is 9.18 Å². The zero-order valence-corrected chi connectivity index (χ0v) is 10.3. The first-order valence-electron chi connectivity index (χ1n) is 4.80. The minimum atomic E-state index is -0.359. The SMILES string of the molecule is CCC(C)NC(=O)c1ccc(F)cc1Br. The molecule has 1 aromatic carbocycles. The Bertz CT molecular complexity index is 368. The molecule has 1 atom stereocenters. The van der Waals surface area contributed by atoms with Crippen molar-refractivity contribution in [2.75, 3.05) is 0 Å². The summed E-state index contributed by atoms with van der Waals surface area (Å²) < 4.78 is 13.3. The van der Waals surface area contributed by atoms with Gasteiger partial charge in [-0.1, -0.05) is 6.92 Å². The molecular weight excluding hydrogens is 261 g/mol. The van der Waals surface area contributed by atoms with Gasteiger partial charge in [-0.3, -0.25) is 4.79 Å². The molecule has 0 bridgehead atoms. The van der Waals surface area contributed by atoms with Crippen molar-refractivity contribution in [1.29, 1.82) is 0 Å². The van der Waals surface area contributed by atoms with Crippen LogP contribution in [0.4, 0.5) is 4.39 Å². The molecule has 0 aliphatic heterocycles. The Morgan fingerprint density at radius 1 is 1.60 bits per heavy atom. The quantitative estimate of drug-likeness (QED) is 0.901. The highest BCUT2D eigenvalue weighted by atomic mass is 79.9. The summed E-state index contributed by atoms with van der Waals surface area (Å²) in [5.74, 6) is -0.543. The molecule has 0 spiro atoms. The molecule has 1 N–H and O–H groups in total. The fourth-order valence-corrected chi connectivity index (χ4v) is 1.61. The average molecular weight is 274 g/mol. The number of halogens is 2. The largest absolute Gasteiger partial charge is 0.350 e. The summed E-state index contributed by atoms with van der Waals surface area (Å²) in [4.78, 5) is 11.7. The fourth-order valence-electron chi connectivity index (χ4n) is 1.08. The standard InChI is InChI=1S/C11H13BrFNO/c1-3-7(2)14-11(15)9-5-4-8(13)6-10(9)12/h4-7H,3H2,1-2H3,(H,14,15). The van der Waals surface area contributed by atoms with Gasteiger partial charge in [-0.2, -0.15) is 0 Å².